The van der Waals surface area contributed by atoms with Crippen LogP contribution in [0.5, 0.6) is 5.75 Å². The van der Waals surface area contributed by atoms with Gasteiger partial charge in [-0.25, -0.2) is 0 Å². The zero-order valence-electron chi connectivity index (χ0n) is 13.5. The van der Waals surface area contributed by atoms with E-state index in [-0.39, 0.29) is 11.8 Å². The van der Waals surface area contributed by atoms with E-state index < -0.39 is 0 Å². The maximum atomic E-state index is 12.0. The number of carbonyl (C=O) groups is 1. The topological polar surface area (TPSA) is 67.0 Å². The summed E-state index contributed by atoms with van der Waals surface area (Å²) in [5.74, 6) is 1.53. The SMILES string of the molecule is Cc1ccccc1COc1ccc2[nH]nc(NC(=O)C3CC3)c2c1. The Morgan fingerprint density at radius 2 is 2.12 bits per heavy atom. The van der Waals surface area contributed by atoms with E-state index in [1.54, 1.807) is 0 Å². The summed E-state index contributed by atoms with van der Waals surface area (Å²) in [6, 6.07) is 13.9. The van der Waals surface area contributed by atoms with E-state index in [1.165, 1.54) is 5.56 Å². The van der Waals surface area contributed by atoms with Gasteiger partial charge in [0.1, 0.15) is 12.4 Å². The van der Waals surface area contributed by atoms with Crippen LogP contribution in [0.15, 0.2) is 42.5 Å². The van der Waals surface area contributed by atoms with E-state index in [0.717, 1.165) is 35.1 Å². The van der Waals surface area contributed by atoms with Crippen molar-refractivity contribution in [2.24, 2.45) is 5.92 Å². The van der Waals surface area contributed by atoms with E-state index in [2.05, 4.69) is 34.6 Å². The van der Waals surface area contributed by atoms with E-state index in [9.17, 15) is 4.79 Å². The monoisotopic (exact) mass is 321 g/mol. The van der Waals surface area contributed by atoms with Crippen molar-refractivity contribution in [3.05, 3.63) is 53.6 Å². The Hall–Kier alpha value is -2.82. The van der Waals surface area contributed by atoms with Gasteiger partial charge in [0.15, 0.2) is 5.82 Å². The molecule has 122 valence electrons. The van der Waals surface area contributed by atoms with Crippen molar-refractivity contribution < 1.29 is 9.53 Å². The first-order valence-corrected chi connectivity index (χ1v) is 8.17. The van der Waals surface area contributed by atoms with E-state index in [4.69, 9.17) is 4.74 Å². The second-order valence-corrected chi connectivity index (χ2v) is 6.26. The highest BCUT2D eigenvalue weighted by molar-refractivity contribution is 6.01. The lowest BCUT2D eigenvalue weighted by molar-refractivity contribution is -0.117. The highest BCUT2D eigenvalue weighted by atomic mass is 16.5. The lowest BCUT2D eigenvalue weighted by Gasteiger charge is -2.09. The van der Waals surface area contributed by atoms with Crippen LogP contribution in [-0.2, 0) is 11.4 Å². The Labute approximate surface area is 140 Å². The zero-order valence-corrected chi connectivity index (χ0v) is 13.5. The summed E-state index contributed by atoms with van der Waals surface area (Å²) in [7, 11) is 0. The third-order valence-corrected chi connectivity index (χ3v) is 4.38. The molecule has 1 aliphatic carbocycles. The van der Waals surface area contributed by atoms with Crippen molar-refractivity contribution in [3.63, 3.8) is 0 Å². The molecular formula is C19H19N3O2. The molecule has 1 aliphatic rings. The lowest BCUT2D eigenvalue weighted by Crippen LogP contribution is -2.13. The van der Waals surface area contributed by atoms with Crippen LogP contribution < -0.4 is 10.1 Å². The summed E-state index contributed by atoms with van der Waals surface area (Å²) in [5.41, 5.74) is 3.25. The van der Waals surface area contributed by atoms with Gasteiger partial charge in [0.25, 0.3) is 0 Å². The molecule has 0 radical (unpaired) electrons. The van der Waals surface area contributed by atoms with Crippen LogP contribution in [0.1, 0.15) is 24.0 Å². The second kappa shape index (κ2) is 6.00. The van der Waals surface area contributed by atoms with Crippen LogP contribution >= 0.6 is 0 Å². The molecular weight excluding hydrogens is 302 g/mol. The number of carbonyl (C=O) groups excluding carboxylic acids is 1. The van der Waals surface area contributed by atoms with Crippen LogP contribution in [0.4, 0.5) is 5.82 Å². The lowest BCUT2D eigenvalue weighted by atomic mass is 10.1. The van der Waals surface area contributed by atoms with Crippen LogP contribution in [-0.4, -0.2) is 16.1 Å². The molecule has 0 aliphatic heterocycles. The molecule has 0 spiro atoms. The number of nitrogens with zero attached hydrogens (tertiary/aromatic N) is 1. The van der Waals surface area contributed by atoms with Gasteiger partial charge in [-0.15, -0.1) is 0 Å². The fraction of sp³-hybridized carbons (Fsp3) is 0.263. The number of ether oxygens (including phenoxy) is 1. The molecule has 1 saturated carbocycles. The molecule has 4 rings (SSSR count). The number of aryl methyl sites for hydroxylation is 1. The van der Waals surface area contributed by atoms with Crippen molar-refractivity contribution in [2.45, 2.75) is 26.4 Å². The van der Waals surface area contributed by atoms with Gasteiger partial charge in [-0.05, 0) is 49.1 Å². The average Bonchev–Trinajstić information content (AvgIpc) is 3.37. The molecule has 1 aromatic heterocycles. The summed E-state index contributed by atoms with van der Waals surface area (Å²) in [6.45, 7) is 2.59. The Bertz CT molecular complexity index is 897. The Morgan fingerprint density at radius 1 is 1.29 bits per heavy atom. The van der Waals surface area contributed by atoms with E-state index in [0.29, 0.717) is 12.4 Å². The van der Waals surface area contributed by atoms with Crippen molar-refractivity contribution in [1.82, 2.24) is 10.2 Å². The molecule has 0 saturated heterocycles. The molecule has 5 heteroatoms. The Kier molecular flexibility index (Phi) is 3.69. The van der Waals surface area contributed by atoms with Gasteiger partial charge in [-0.2, -0.15) is 5.10 Å². The highest BCUT2D eigenvalue weighted by Crippen LogP contribution is 2.32. The van der Waals surface area contributed by atoms with Crippen molar-refractivity contribution >= 4 is 22.6 Å². The Morgan fingerprint density at radius 3 is 2.92 bits per heavy atom. The highest BCUT2D eigenvalue weighted by Gasteiger charge is 2.30. The van der Waals surface area contributed by atoms with Gasteiger partial charge in [0.05, 0.1) is 5.52 Å². The number of nitrogens with one attached hydrogen (secondary N) is 2. The summed E-state index contributed by atoms with van der Waals surface area (Å²) < 4.78 is 5.92. The predicted molar refractivity (Wildman–Crippen MR) is 93.0 cm³/mol. The zero-order chi connectivity index (χ0) is 16.5. The van der Waals surface area contributed by atoms with Crippen LogP contribution in [0.2, 0.25) is 0 Å². The van der Waals surface area contributed by atoms with Gasteiger partial charge >= 0.3 is 0 Å². The molecule has 0 atom stereocenters. The maximum absolute atomic E-state index is 12.0. The molecule has 0 bridgehead atoms. The number of anilines is 1. The number of aromatic nitrogens is 2. The molecule has 24 heavy (non-hydrogen) atoms. The standard InChI is InChI=1S/C19H19N3O2/c1-12-4-2-3-5-14(12)11-24-15-8-9-17-16(10-15)18(22-21-17)20-19(23)13-6-7-13/h2-5,8-10,13H,6-7,11H2,1H3,(H2,20,21,22,23). The smallest absolute Gasteiger partial charge is 0.228 e. The van der Waals surface area contributed by atoms with Gasteiger partial charge in [-0.1, -0.05) is 24.3 Å². The number of amides is 1. The number of fused-ring (bicyclic) bond motifs is 1. The maximum Gasteiger partial charge on any atom is 0.228 e. The number of hydrogen-bond acceptors (Lipinski definition) is 3. The number of hydrogen-bond donors (Lipinski definition) is 2. The molecule has 2 aromatic carbocycles. The molecule has 1 amide bonds. The molecule has 2 N–H and O–H groups in total. The third kappa shape index (κ3) is 2.97. The fourth-order valence-electron chi connectivity index (χ4n) is 2.68. The summed E-state index contributed by atoms with van der Waals surface area (Å²) in [6.07, 6.45) is 1.94. The third-order valence-electron chi connectivity index (χ3n) is 4.38. The summed E-state index contributed by atoms with van der Waals surface area (Å²) >= 11 is 0. The number of benzene rings is 2. The minimum atomic E-state index is 0.0506. The molecule has 1 heterocycles. The number of H-pyrrole nitrogens is 1. The largest absolute Gasteiger partial charge is 0.489 e. The minimum Gasteiger partial charge on any atom is -0.489 e. The molecule has 3 aromatic rings. The van der Waals surface area contributed by atoms with Crippen LogP contribution in [0.3, 0.4) is 0 Å². The summed E-state index contributed by atoms with van der Waals surface area (Å²) in [4.78, 5) is 12.0. The Balaban J connectivity index is 1.53. The normalized spacial score (nSPS) is 13.9. The molecule has 5 nitrogen and oxygen atoms in total. The fourth-order valence-corrected chi connectivity index (χ4v) is 2.68. The second-order valence-electron chi connectivity index (χ2n) is 6.26. The van der Waals surface area contributed by atoms with Crippen LogP contribution in [0, 0.1) is 12.8 Å². The first-order valence-electron chi connectivity index (χ1n) is 8.17. The first kappa shape index (κ1) is 14.8. The molecule has 0 unspecified atom stereocenters. The average molecular weight is 321 g/mol. The van der Waals surface area contributed by atoms with Gasteiger partial charge < -0.3 is 10.1 Å². The first-order chi connectivity index (χ1) is 11.7. The summed E-state index contributed by atoms with van der Waals surface area (Å²) in [5, 5.41) is 10.9. The van der Waals surface area contributed by atoms with Crippen molar-refractivity contribution in [3.8, 4) is 5.75 Å². The van der Waals surface area contributed by atoms with Gasteiger partial charge in [0.2, 0.25) is 5.91 Å². The van der Waals surface area contributed by atoms with Crippen LogP contribution in [0.25, 0.3) is 10.9 Å². The minimum absolute atomic E-state index is 0.0506. The number of aromatic amines is 1. The van der Waals surface area contributed by atoms with Gasteiger partial charge in [-0.3, -0.25) is 9.89 Å². The van der Waals surface area contributed by atoms with Crippen molar-refractivity contribution in [1.29, 1.82) is 0 Å². The van der Waals surface area contributed by atoms with Gasteiger partial charge in [0, 0.05) is 11.3 Å². The van der Waals surface area contributed by atoms with Crippen molar-refractivity contribution in [2.75, 3.05) is 5.32 Å². The number of rotatable bonds is 5. The van der Waals surface area contributed by atoms with E-state index >= 15 is 0 Å². The predicted octanol–water partition coefficient (Wildman–Crippen LogP) is 3.80. The quantitative estimate of drug-likeness (QED) is 0.751. The van der Waals surface area contributed by atoms with E-state index in [1.807, 2.05) is 30.3 Å². The molecule has 1 fully saturated rings.